The summed E-state index contributed by atoms with van der Waals surface area (Å²) in [6, 6.07) is 0. The molecule has 0 rings (SSSR count). The van der Waals surface area contributed by atoms with Crippen molar-refractivity contribution in [2.75, 3.05) is 47.5 Å². The summed E-state index contributed by atoms with van der Waals surface area (Å²) in [7, 11) is 5.93. The molecule has 0 radical (unpaired) electrons. The van der Waals surface area contributed by atoms with Crippen LogP contribution in [0.4, 0.5) is 0 Å². The summed E-state index contributed by atoms with van der Waals surface area (Å²) < 4.78 is 22.8. The van der Waals surface area contributed by atoms with Crippen molar-refractivity contribution in [1.29, 1.82) is 0 Å². The molecule has 84 heavy (non-hydrogen) atoms. The van der Waals surface area contributed by atoms with Gasteiger partial charge < -0.3 is 33.3 Å². The monoisotopic (exact) mass is 1170 g/mol. The Bertz CT molecular complexity index is 1750. The number of esters is 2. The van der Waals surface area contributed by atoms with E-state index in [1.807, 2.05) is 21.1 Å². The largest absolute Gasteiger partial charge is 0.545 e. The van der Waals surface area contributed by atoms with Crippen molar-refractivity contribution in [1.82, 2.24) is 0 Å². The normalized spacial score (nSPS) is 13.4. The summed E-state index contributed by atoms with van der Waals surface area (Å²) >= 11 is 0. The van der Waals surface area contributed by atoms with Gasteiger partial charge in [0.15, 0.2) is 12.4 Å². The Morgan fingerprint density at radius 2 is 0.679 bits per heavy atom. The maximum Gasteiger partial charge on any atom is 0.306 e. The fourth-order valence-corrected chi connectivity index (χ4v) is 9.49. The molecule has 0 fully saturated rings. The summed E-state index contributed by atoms with van der Waals surface area (Å²) in [5, 5.41) is 11.8. The molecule has 0 bridgehead atoms. The molecular formula is C75H129NO8. The Balaban J connectivity index is 4.03. The molecule has 0 spiro atoms. The summed E-state index contributed by atoms with van der Waals surface area (Å²) in [6.45, 7) is 4.62. The fraction of sp³-hybridized carbons (Fsp3) is 0.720. The first-order chi connectivity index (χ1) is 41.1. The lowest BCUT2D eigenvalue weighted by Crippen LogP contribution is -2.44. The zero-order valence-electron chi connectivity index (χ0n) is 55.0. The lowest BCUT2D eigenvalue weighted by Gasteiger charge is -2.26. The van der Waals surface area contributed by atoms with Crippen LogP contribution < -0.4 is 5.11 Å². The van der Waals surface area contributed by atoms with E-state index < -0.39 is 24.3 Å². The smallest absolute Gasteiger partial charge is 0.306 e. The van der Waals surface area contributed by atoms with Crippen molar-refractivity contribution < 1.29 is 42.9 Å². The van der Waals surface area contributed by atoms with Crippen LogP contribution in [0.3, 0.4) is 0 Å². The lowest BCUT2D eigenvalue weighted by atomic mass is 10.0. The number of allylic oxidation sites excluding steroid dienone is 18. The average molecular weight is 1170 g/mol. The highest BCUT2D eigenvalue weighted by Crippen LogP contribution is 2.17. The molecule has 0 aromatic rings. The summed E-state index contributed by atoms with van der Waals surface area (Å²) in [5.41, 5.74) is 0. The van der Waals surface area contributed by atoms with Crippen LogP contribution in [0.2, 0.25) is 0 Å². The minimum Gasteiger partial charge on any atom is -0.545 e. The number of nitrogens with zero attached hydrogens (tertiary/aromatic N) is 1. The van der Waals surface area contributed by atoms with Crippen molar-refractivity contribution >= 4 is 17.9 Å². The molecule has 0 aromatic heterocycles. The molecule has 0 aromatic carbocycles. The number of likely N-dealkylation sites (N-methyl/N-ethyl adjacent to an activating group) is 1. The van der Waals surface area contributed by atoms with E-state index >= 15 is 0 Å². The van der Waals surface area contributed by atoms with Crippen LogP contribution in [0, 0.1) is 0 Å². The summed E-state index contributed by atoms with van der Waals surface area (Å²) in [6.07, 6.45) is 87.4. The van der Waals surface area contributed by atoms with E-state index in [-0.39, 0.29) is 38.6 Å². The van der Waals surface area contributed by atoms with Crippen LogP contribution in [0.15, 0.2) is 109 Å². The van der Waals surface area contributed by atoms with Crippen LogP contribution in [0.5, 0.6) is 0 Å². The fourth-order valence-electron chi connectivity index (χ4n) is 9.49. The highest BCUT2D eigenvalue weighted by Gasteiger charge is 2.22. The molecule has 0 aliphatic rings. The number of unbranched alkanes of at least 4 members (excludes halogenated alkanes) is 30. The molecular weight excluding hydrogens is 1040 g/mol. The molecule has 0 saturated carbocycles. The van der Waals surface area contributed by atoms with Crippen molar-refractivity contribution in [2.24, 2.45) is 0 Å². The molecule has 0 heterocycles. The highest BCUT2D eigenvalue weighted by molar-refractivity contribution is 5.70. The molecule has 0 amide bonds. The van der Waals surface area contributed by atoms with E-state index in [4.69, 9.17) is 18.9 Å². The number of hydrogen-bond acceptors (Lipinski definition) is 8. The van der Waals surface area contributed by atoms with Crippen LogP contribution in [-0.4, -0.2) is 82.3 Å². The van der Waals surface area contributed by atoms with Gasteiger partial charge in [-0.15, -0.1) is 0 Å². The second kappa shape index (κ2) is 64.9. The van der Waals surface area contributed by atoms with Gasteiger partial charge in [-0.3, -0.25) is 9.59 Å². The van der Waals surface area contributed by atoms with E-state index in [2.05, 4.69) is 123 Å². The Morgan fingerprint density at radius 1 is 0.369 bits per heavy atom. The molecule has 0 aliphatic carbocycles. The minimum atomic E-state index is -1.63. The third-order valence-electron chi connectivity index (χ3n) is 14.8. The zero-order valence-corrected chi connectivity index (χ0v) is 55.0. The molecule has 0 saturated heterocycles. The van der Waals surface area contributed by atoms with Gasteiger partial charge in [0.05, 0.1) is 40.3 Å². The van der Waals surface area contributed by atoms with E-state index in [0.717, 1.165) is 96.3 Å². The Morgan fingerprint density at radius 3 is 1.01 bits per heavy atom. The number of carboxylic acid groups (broad SMARTS) is 1. The third-order valence-corrected chi connectivity index (χ3v) is 14.8. The molecule has 9 nitrogen and oxygen atoms in total. The topological polar surface area (TPSA) is 111 Å². The van der Waals surface area contributed by atoms with Gasteiger partial charge in [-0.25, -0.2) is 0 Å². The minimum absolute atomic E-state index is 0.144. The van der Waals surface area contributed by atoms with Crippen LogP contribution in [0.25, 0.3) is 0 Å². The Labute approximate surface area is 517 Å². The summed E-state index contributed by atoms with van der Waals surface area (Å²) in [5.74, 6) is -2.29. The first-order valence-corrected chi connectivity index (χ1v) is 34.5. The second-order valence-electron chi connectivity index (χ2n) is 24.1. The predicted molar refractivity (Wildman–Crippen MR) is 357 cm³/mol. The van der Waals surface area contributed by atoms with E-state index in [1.165, 1.54) is 161 Å². The maximum absolute atomic E-state index is 12.9. The van der Waals surface area contributed by atoms with Gasteiger partial charge in [-0.2, -0.15) is 0 Å². The number of carbonyl (C=O) groups excluding carboxylic acids is 3. The van der Waals surface area contributed by atoms with Gasteiger partial charge in [0.2, 0.25) is 0 Å². The Hall–Kier alpha value is -4.05. The van der Waals surface area contributed by atoms with Crippen LogP contribution in [-0.2, 0) is 33.3 Å². The van der Waals surface area contributed by atoms with Crippen LogP contribution >= 0.6 is 0 Å². The van der Waals surface area contributed by atoms with Gasteiger partial charge in [0.25, 0.3) is 0 Å². The Kier molecular flexibility index (Phi) is 61.8. The molecule has 2 atom stereocenters. The van der Waals surface area contributed by atoms with Crippen molar-refractivity contribution in [3.05, 3.63) is 109 Å². The van der Waals surface area contributed by atoms with Crippen LogP contribution in [0.1, 0.15) is 290 Å². The number of aliphatic carboxylic acids is 1. The molecule has 9 heteroatoms. The number of carboxylic acids is 1. The molecule has 482 valence electrons. The number of quaternary nitrogens is 1. The number of rotatable bonds is 63. The molecule has 2 unspecified atom stereocenters. The predicted octanol–water partition coefficient (Wildman–Crippen LogP) is 20.1. The first-order valence-electron chi connectivity index (χ1n) is 34.5. The third kappa shape index (κ3) is 65.5. The second-order valence-corrected chi connectivity index (χ2v) is 24.1. The maximum atomic E-state index is 12.9. The lowest BCUT2D eigenvalue weighted by molar-refractivity contribution is -0.870. The van der Waals surface area contributed by atoms with Gasteiger partial charge >= 0.3 is 11.9 Å². The van der Waals surface area contributed by atoms with Crippen molar-refractivity contribution in [2.45, 2.75) is 302 Å². The van der Waals surface area contributed by atoms with E-state index in [0.29, 0.717) is 17.4 Å². The van der Waals surface area contributed by atoms with Gasteiger partial charge in [-0.1, -0.05) is 284 Å². The van der Waals surface area contributed by atoms with Gasteiger partial charge in [0, 0.05) is 12.8 Å². The SMILES string of the molecule is CC/C=C\C/C=C\C/C=C\C/C=C\C/C=C\C/C=C\C/C=C\CCCCCCCCCCCCCCCCCCCCCC(=O)OC(COC(=O)CCCCCCCCC/C=C\C/C=C\CCCCCC)COC(OCC[N+](C)(C)C)C(=O)[O-]. The van der Waals surface area contributed by atoms with E-state index in [9.17, 15) is 19.5 Å². The van der Waals surface area contributed by atoms with Gasteiger partial charge in [-0.05, 0) is 103 Å². The van der Waals surface area contributed by atoms with Crippen molar-refractivity contribution in [3.63, 3.8) is 0 Å². The quantitative estimate of drug-likeness (QED) is 0.0195. The number of ether oxygens (including phenoxy) is 4. The average Bonchev–Trinajstić information content (AvgIpc) is 3.52. The first kappa shape index (κ1) is 80.0. The van der Waals surface area contributed by atoms with E-state index in [1.54, 1.807) is 0 Å². The zero-order chi connectivity index (χ0) is 61.2. The highest BCUT2D eigenvalue weighted by atomic mass is 16.7. The van der Waals surface area contributed by atoms with Gasteiger partial charge in [0.1, 0.15) is 13.2 Å². The van der Waals surface area contributed by atoms with Crippen molar-refractivity contribution in [3.8, 4) is 0 Å². The summed E-state index contributed by atoms with van der Waals surface area (Å²) in [4.78, 5) is 37.4. The number of carbonyl (C=O) groups is 3. The standard InChI is InChI=1S/C75H129NO8/c1-6-8-10-12-14-16-18-20-22-24-26-27-28-29-30-31-32-33-34-35-36-37-38-39-40-41-42-43-44-45-46-47-48-50-52-54-56-58-60-62-64-66-73(78)84-71(70-83-75(74(79)80)81-68-67-76(3,4)5)69-82-72(77)65-63-61-59-57-55-53-51-49-25-23-21-19-17-15-13-11-9-7-2/h8,10,14,16-17,19-20,22-23,25-27,29-30,32-33,35-36,71,75H,6-7,9,11-13,15,18,21,24,28,31,34,37-70H2,1-5H3/b10-8-,16-14-,19-17-,22-20-,25-23-,27-26-,30-29-,33-32-,36-35-. The molecule has 0 N–H and O–H groups in total. The number of hydrogen-bond donors (Lipinski definition) is 0. The molecule has 0 aliphatic heterocycles.